The van der Waals surface area contributed by atoms with Gasteiger partial charge in [-0.05, 0) is 56.2 Å². The normalized spacial score (nSPS) is 13.2. The van der Waals surface area contributed by atoms with Gasteiger partial charge in [0.05, 0.1) is 12.8 Å². The minimum Gasteiger partial charge on any atom is -0.466 e. The van der Waals surface area contributed by atoms with Gasteiger partial charge < -0.3 is 20.2 Å². The van der Waals surface area contributed by atoms with Gasteiger partial charge in [0.25, 0.3) is 0 Å². The summed E-state index contributed by atoms with van der Waals surface area (Å²) in [7, 11) is 0. The number of rotatable bonds is 4. The molecule has 1 aromatic carbocycles. The fourth-order valence-corrected chi connectivity index (χ4v) is 2.01. The first kappa shape index (κ1) is 16.8. The van der Waals surface area contributed by atoms with Gasteiger partial charge in [0.2, 0.25) is 0 Å². The van der Waals surface area contributed by atoms with Crippen molar-refractivity contribution in [2.24, 2.45) is 0 Å². The number of aliphatic hydroxyl groups is 1. The number of benzene rings is 1. The maximum absolute atomic E-state index is 11.9. The van der Waals surface area contributed by atoms with E-state index in [-0.39, 0.29) is 6.54 Å². The lowest BCUT2D eigenvalue weighted by molar-refractivity contribution is -0.136. The van der Waals surface area contributed by atoms with Crippen LogP contribution in [0.2, 0.25) is 0 Å². The number of aryl methyl sites for hydroxylation is 2. The van der Waals surface area contributed by atoms with E-state index < -0.39 is 17.4 Å². The van der Waals surface area contributed by atoms with E-state index in [1.807, 2.05) is 19.9 Å². The highest BCUT2D eigenvalue weighted by Gasteiger charge is 2.28. The van der Waals surface area contributed by atoms with E-state index in [2.05, 4.69) is 10.6 Å². The van der Waals surface area contributed by atoms with Crippen LogP contribution in [0.25, 0.3) is 0 Å². The van der Waals surface area contributed by atoms with E-state index in [0.29, 0.717) is 11.4 Å². The lowest BCUT2D eigenvalue weighted by atomic mass is 10.0. The second kappa shape index (κ2) is 6.66. The molecule has 1 unspecified atom stereocenters. The van der Waals surface area contributed by atoms with Gasteiger partial charge in [0, 0.05) is 5.69 Å². The van der Waals surface area contributed by atoms with Gasteiger partial charge in [-0.3, -0.25) is 9.59 Å². The molecule has 0 radical (unpaired) electrons. The number of nitrogens with one attached hydrogen (secondary N) is 2. The fraction of sp³-hybridized carbons (Fsp3) is 0.294. The second-order valence-electron chi connectivity index (χ2n) is 5.69. The number of anilines is 1. The summed E-state index contributed by atoms with van der Waals surface area (Å²) >= 11 is 0. The maximum atomic E-state index is 11.9. The van der Waals surface area contributed by atoms with E-state index in [9.17, 15) is 14.7 Å². The van der Waals surface area contributed by atoms with Crippen molar-refractivity contribution >= 4 is 17.5 Å². The fourth-order valence-electron chi connectivity index (χ4n) is 2.01. The summed E-state index contributed by atoms with van der Waals surface area (Å²) in [5.41, 5.74) is 1.27. The largest absolute Gasteiger partial charge is 0.466 e. The van der Waals surface area contributed by atoms with Crippen molar-refractivity contribution in [2.75, 3.05) is 11.9 Å². The number of furan rings is 1. The van der Waals surface area contributed by atoms with Crippen LogP contribution in [-0.2, 0) is 15.2 Å². The van der Waals surface area contributed by atoms with Crippen LogP contribution in [0.4, 0.5) is 5.69 Å². The molecule has 0 spiro atoms. The molecule has 0 aliphatic heterocycles. The zero-order valence-electron chi connectivity index (χ0n) is 13.3. The van der Waals surface area contributed by atoms with Crippen molar-refractivity contribution < 1.29 is 19.1 Å². The molecule has 122 valence electrons. The Balaban J connectivity index is 1.92. The van der Waals surface area contributed by atoms with Crippen molar-refractivity contribution in [1.29, 1.82) is 0 Å². The predicted molar refractivity (Wildman–Crippen MR) is 85.8 cm³/mol. The van der Waals surface area contributed by atoms with E-state index in [1.165, 1.54) is 13.2 Å². The van der Waals surface area contributed by atoms with Gasteiger partial charge in [-0.25, -0.2) is 0 Å². The molecule has 2 rings (SSSR count). The number of amides is 2. The molecule has 23 heavy (non-hydrogen) atoms. The van der Waals surface area contributed by atoms with Crippen LogP contribution >= 0.6 is 0 Å². The SMILES string of the molecule is Cc1ccc(NC(=O)C(=O)NCC(C)(O)c2ccco2)cc1C. The van der Waals surface area contributed by atoms with Gasteiger partial charge in [-0.2, -0.15) is 0 Å². The zero-order chi connectivity index (χ0) is 17.0. The summed E-state index contributed by atoms with van der Waals surface area (Å²) in [6.45, 7) is 5.24. The Bertz CT molecular complexity index is 705. The second-order valence-corrected chi connectivity index (χ2v) is 5.69. The van der Waals surface area contributed by atoms with E-state index in [1.54, 1.807) is 24.3 Å². The highest BCUT2D eigenvalue weighted by molar-refractivity contribution is 6.39. The van der Waals surface area contributed by atoms with Crippen molar-refractivity contribution in [1.82, 2.24) is 5.32 Å². The van der Waals surface area contributed by atoms with E-state index in [4.69, 9.17) is 4.42 Å². The molecule has 0 bridgehead atoms. The molecule has 1 atom stereocenters. The summed E-state index contributed by atoms with van der Waals surface area (Å²) in [4.78, 5) is 23.7. The lowest BCUT2D eigenvalue weighted by Gasteiger charge is -2.20. The number of hydrogen-bond acceptors (Lipinski definition) is 4. The van der Waals surface area contributed by atoms with Crippen LogP contribution in [0, 0.1) is 13.8 Å². The first-order valence-electron chi connectivity index (χ1n) is 7.22. The Labute approximate surface area is 134 Å². The maximum Gasteiger partial charge on any atom is 0.313 e. The Kier molecular flexibility index (Phi) is 4.86. The Morgan fingerprint density at radius 3 is 2.52 bits per heavy atom. The third-order valence-electron chi connectivity index (χ3n) is 3.62. The molecule has 2 aromatic rings. The van der Waals surface area contributed by atoms with Crippen molar-refractivity contribution in [3.8, 4) is 0 Å². The van der Waals surface area contributed by atoms with Crippen molar-refractivity contribution in [3.05, 3.63) is 53.5 Å². The molecule has 1 aromatic heterocycles. The van der Waals surface area contributed by atoms with Gasteiger partial charge in [0.1, 0.15) is 11.4 Å². The van der Waals surface area contributed by atoms with Crippen LogP contribution in [0.1, 0.15) is 23.8 Å². The number of hydrogen-bond donors (Lipinski definition) is 3. The molecule has 0 fully saturated rings. The summed E-state index contributed by atoms with van der Waals surface area (Å²) in [6, 6.07) is 8.62. The topological polar surface area (TPSA) is 91.6 Å². The van der Waals surface area contributed by atoms with Crippen LogP contribution in [0.5, 0.6) is 0 Å². The predicted octanol–water partition coefficient (Wildman–Crippen LogP) is 1.86. The molecular weight excluding hydrogens is 296 g/mol. The summed E-state index contributed by atoms with van der Waals surface area (Å²) in [5.74, 6) is -1.30. The Morgan fingerprint density at radius 1 is 1.17 bits per heavy atom. The van der Waals surface area contributed by atoms with Crippen LogP contribution < -0.4 is 10.6 Å². The molecule has 0 aliphatic carbocycles. The first-order chi connectivity index (χ1) is 10.8. The number of carbonyl (C=O) groups is 2. The molecule has 6 nitrogen and oxygen atoms in total. The molecule has 0 aliphatic rings. The smallest absolute Gasteiger partial charge is 0.313 e. The van der Waals surface area contributed by atoms with Crippen LogP contribution in [-0.4, -0.2) is 23.5 Å². The molecule has 2 amide bonds. The summed E-state index contributed by atoms with van der Waals surface area (Å²) in [6.07, 6.45) is 1.43. The van der Waals surface area contributed by atoms with Crippen LogP contribution in [0.3, 0.4) is 0 Å². The quantitative estimate of drug-likeness (QED) is 0.751. The van der Waals surface area contributed by atoms with Gasteiger partial charge >= 0.3 is 11.8 Å². The summed E-state index contributed by atoms with van der Waals surface area (Å²) < 4.78 is 5.11. The third-order valence-corrected chi connectivity index (χ3v) is 3.62. The van der Waals surface area contributed by atoms with E-state index >= 15 is 0 Å². The average molecular weight is 316 g/mol. The third kappa shape index (κ3) is 4.20. The lowest BCUT2D eigenvalue weighted by Crippen LogP contribution is -2.43. The van der Waals surface area contributed by atoms with Gasteiger partial charge in [-0.15, -0.1) is 0 Å². The molecule has 3 N–H and O–H groups in total. The minimum absolute atomic E-state index is 0.139. The van der Waals surface area contributed by atoms with Gasteiger partial charge in [-0.1, -0.05) is 6.07 Å². The Morgan fingerprint density at radius 2 is 1.91 bits per heavy atom. The molecule has 0 saturated carbocycles. The average Bonchev–Trinajstić information content (AvgIpc) is 3.04. The Hall–Kier alpha value is -2.60. The monoisotopic (exact) mass is 316 g/mol. The highest BCUT2D eigenvalue weighted by atomic mass is 16.4. The van der Waals surface area contributed by atoms with Crippen molar-refractivity contribution in [3.63, 3.8) is 0 Å². The molecule has 0 saturated heterocycles. The highest BCUT2D eigenvalue weighted by Crippen LogP contribution is 2.19. The van der Waals surface area contributed by atoms with Crippen molar-refractivity contribution in [2.45, 2.75) is 26.4 Å². The first-order valence-corrected chi connectivity index (χ1v) is 7.22. The van der Waals surface area contributed by atoms with E-state index in [0.717, 1.165) is 11.1 Å². The van der Waals surface area contributed by atoms with Gasteiger partial charge in [0.15, 0.2) is 0 Å². The standard InChI is InChI=1S/C17H20N2O4/c1-11-6-7-13(9-12(11)2)19-16(21)15(20)18-10-17(3,22)14-5-4-8-23-14/h4-9,22H,10H2,1-3H3,(H,18,20)(H,19,21). The zero-order valence-corrected chi connectivity index (χ0v) is 13.3. The molecule has 6 heteroatoms. The minimum atomic E-state index is -1.39. The molecule has 1 heterocycles. The number of carbonyl (C=O) groups excluding carboxylic acids is 2. The van der Waals surface area contributed by atoms with Crippen LogP contribution in [0.15, 0.2) is 41.0 Å². The molecular formula is C17H20N2O4. The summed E-state index contributed by atoms with van der Waals surface area (Å²) in [5, 5.41) is 15.1.